The maximum Gasteiger partial charge on any atom is 0.141 e. The van der Waals surface area contributed by atoms with Gasteiger partial charge >= 0.3 is 0 Å². The molecule has 0 aromatic carbocycles. The van der Waals surface area contributed by atoms with E-state index in [1.165, 1.54) is 0 Å². The number of nitrogens with zero attached hydrogens (tertiary/aromatic N) is 5. The zero-order valence-electron chi connectivity index (χ0n) is 12.0. The van der Waals surface area contributed by atoms with E-state index in [-0.39, 0.29) is 6.61 Å². The van der Waals surface area contributed by atoms with E-state index in [2.05, 4.69) is 33.7 Å². The van der Waals surface area contributed by atoms with Gasteiger partial charge in [-0.25, -0.2) is 9.67 Å². The number of aliphatic hydroxyl groups excluding tert-OH is 1. The molecule has 0 bridgehead atoms. The molecule has 2 rings (SSSR count). The van der Waals surface area contributed by atoms with Crippen molar-refractivity contribution in [3.8, 4) is 0 Å². The molecule has 1 aromatic heterocycles. The van der Waals surface area contributed by atoms with Gasteiger partial charge in [-0.2, -0.15) is 5.10 Å². The van der Waals surface area contributed by atoms with Crippen LogP contribution in [-0.2, 0) is 6.54 Å². The van der Waals surface area contributed by atoms with Gasteiger partial charge in [0.2, 0.25) is 0 Å². The second kappa shape index (κ2) is 6.98. The van der Waals surface area contributed by atoms with E-state index in [0.717, 1.165) is 51.5 Å². The van der Waals surface area contributed by atoms with Crippen LogP contribution >= 0.6 is 0 Å². The van der Waals surface area contributed by atoms with Crippen LogP contribution in [0.3, 0.4) is 0 Å². The Balaban J connectivity index is 1.90. The first kappa shape index (κ1) is 14.4. The van der Waals surface area contributed by atoms with E-state index in [4.69, 9.17) is 5.11 Å². The van der Waals surface area contributed by atoms with Crippen molar-refractivity contribution in [2.75, 3.05) is 39.3 Å². The summed E-state index contributed by atoms with van der Waals surface area (Å²) in [4.78, 5) is 9.13. The summed E-state index contributed by atoms with van der Waals surface area (Å²) in [5.41, 5.74) is 0. The first-order chi connectivity index (χ1) is 9.20. The van der Waals surface area contributed by atoms with Gasteiger partial charge in [-0.3, -0.25) is 9.80 Å². The van der Waals surface area contributed by atoms with E-state index >= 15 is 0 Å². The largest absolute Gasteiger partial charge is 0.395 e. The lowest BCUT2D eigenvalue weighted by Crippen LogP contribution is -2.32. The maximum absolute atomic E-state index is 9.00. The van der Waals surface area contributed by atoms with Crippen molar-refractivity contribution in [1.82, 2.24) is 24.6 Å². The van der Waals surface area contributed by atoms with Crippen LogP contribution in [0.5, 0.6) is 0 Å². The van der Waals surface area contributed by atoms with Crippen LogP contribution in [0, 0.1) is 0 Å². The summed E-state index contributed by atoms with van der Waals surface area (Å²) in [5.74, 6) is 1.05. The highest BCUT2D eigenvalue weighted by Gasteiger charge is 2.17. The van der Waals surface area contributed by atoms with Crippen molar-refractivity contribution < 1.29 is 5.11 Å². The smallest absolute Gasteiger partial charge is 0.141 e. The van der Waals surface area contributed by atoms with Crippen LogP contribution in [0.4, 0.5) is 0 Å². The van der Waals surface area contributed by atoms with Gasteiger partial charge in [0.05, 0.1) is 13.2 Å². The molecule has 0 radical (unpaired) electrons. The predicted octanol–water partition coefficient (Wildman–Crippen LogP) is 0.359. The minimum absolute atomic E-state index is 0.252. The minimum atomic E-state index is 0.252. The summed E-state index contributed by atoms with van der Waals surface area (Å²) < 4.78 is 2.00. The molecule has 0 spiro atoms. The molecule has 108 valence electrons. The van der Waals surface area contributed by atoms with Gasteiger partial charge in [-0.1, -0.05) is 0 Å². The van der Waals surface area contributed by atoms with Crippen molar-refractivity contribution in [2.24, 2.45) is 0 Å². The van der Waals surface area contributed by atoms with E-state index in [1.54, 1.807) is 6.33 Å². The van der Waals surface area contributed by atoms with Gasteiger partial charge in [0, 0.05) is 25.7 Å². The van der Waals surface area contributed by atoms with Crippen LogP contribution in [-0.4, -0.2) is 69.0 Å². The lowest BCUT2D eigenvalue weighted by Gasteiger charge is -2.21. The summed E-state index contributed by atoms with van der Waals surface area (Å²) in [6, 6.07) is 0.357. The second-order valence-corrected chi connectivity index (χ2v) is 5.41. The monoisotopic (exact) mass is 267 g/mol. The average molecular weight is 267 g/mol. The SMILES string of the molecule is CC(C)n1ncnc1CN1CCCN(CCO)CC1. The third kappa shape index (κ3) is 3.99. The maximum atomic E-state index is 9.00. The Kier molecular flexibility index (Phi) is 5.30. The summed E-state index contributed by atoms with van der Waals surface area (Å²) in [7, 11) is 0. The Labute approximate surface area is 115 Å². The van der Waals surface area contributed by atoms with Crippen molar-refractivity contribution in [3.05, 3.63) is 12.2 Å². The summed E-state index contributed by atoms with van der Waals surface area (Å²) >= 11 is 0. The number of β-amino-alcohol motifs (C(OH)–C–C–N with tert-alkyl or cyclic N) is 1. The molecule has 0 amide bonds. The molecule has 1 N–H and O–H groups in total. The first-order valence-electron chi connectivity index (χ1n) is 7.14. The van der Waals surface area contributed by atoms with Gasteiger partial charge in [-0.05, 0) is 33.4 Å². The molecule has 19 heavy (non-hydrogen) atoms. The third-order valence-electron chi connectivity index (χ3n) is 3.60. The standard InChI is InChI=1S/C13H25N5O/c1-12(2)18-13(14-11-15-18)10-17-5-3-4-16(6-7-17)8-9-19/h11-12,19H,3-10H2,1-2H3. The van der Waals surface area contributed by atoms with E-state index in [1.807, 2.05) is 4.68 Å². The number of aliphatic hydroxyl groups is 1. The molecule has 0 unspecified atom stereocenters. The summed E-state index contributed by atoms with van der Waals surface area (Å²) in [6.07, 6.45) is 2.79. The predicted molar refractivity (Wildman–Crippen MR) is 73.8 cm³/mol. The van der Waals surface area contributed by atoms with Crippen LogP contribution in [0.15, 0.2) is 6.33 Å². The molecule has 1 aromatic rings. The Morgan fingerprint density at radius 1 is 1.21 bits per heavy atom. The fourth-order valence-electron chi connectivity index (χ4n) is 2.57. The van der Waals surface area contributed by atoms with Crippen molar-refractivity contribution >= 4 is 0 Å². The highest BCUT2D eigenvalue weighted by molar-refractivity contribution is 4.87. The molecule has 0 atom stereocenters. The molecule has 2 heterocycles. The molecule has 0 aliphatic carbocycles. The molecule has 1 saturated heterocycles. The van der Waals surface area contributed by atoms with Crippen LogP contribution in [0.25, 0.3) is 0 Å². The molecular weight excluding hydrogens is 242 g/mol. The van der Waals surface area contributed by atoms with Gasteiger partial charge in [0.15, 0.2) is 0 Å². The minimum Gasteiger partial charge on any atom is -0.395 e. The Morgan fingerprint density at radius 2 is 1.95 bits per heavy atom. The fraction of sp³-hybridized carbons (Fsp3) is 0.846. The first-order valence-corrected chi connectivity index (χ1v) is 7.14. The van der Waals surface area contributed by atoms with Crippen LogP contribution in [0.2, 0.25) is 0 Å². The number of hydrogen-bond donors (Lipinski definition) is 1. The summed E-state index contributed by atoms with van der Waals surface area (Å²) in [5, 5.41) is 13.3. The quantitative estimate of drug-likeness (QED) is 0.835. The lowest BCUT2D eigenvalue weighted by atomic mass is 10.3. The van der Waals surface area contributed by atoms with Crippen molar-refractivity contribution in [3.63, 3.8) is 0 Å². The van der Waals surface area contributed by atoms with Crippen LogP contribution in [0.1, 0.15) is 32.1 Å². The van der Waals surface area contributed by atoms with Gasteiger partial charge in [-0.15, -0.1) is 0 Å². The van der Waals surface area contributed by atoms with Crippen molar-refractivity contribution in [2.45, 2.75) is 32.9 Å². The van der Waals surface area contributed by atoms with Crippen LogP contribution < -0.4 is 0 Å². The Hall–Kier alpha value is -0.980. The van der Waals surface area contributed by atoms with Gasteiger partial charge in [0.1, 0.15) is 12.2 Å². The molecule has 1 aliphatic rings. The third-order valence-corrected chi connectivity index (χ3v) is 3.60. The highest BCUT2D eigenvalue weighted by atomic mass is 16.3. The lowest BCUT2D eigenvalue weighted by molar-refractivity contribution is 0.194. The number of rotatable bonds is 5. The number of aromatic nitrogens is 3. The molecular formula is C13H25N5O. The molecule has 0 saturated carbocycles. The molecule has 6 nitrogen and oxygen atoms in total. The number of hydrogen-bond acceptors (Lipinski definition) is 5. The zero-order valence-corrected chi connectivity index (χ0v) is 12.0. The normalized spacial score (nSPS) is 18.9. The highest BCUT2D eigenvalue weighted by Crippen LogP contribution is 2.10. The molecule has 6 heteroatoms. The zero-order chi connectivity index (χ0) is 13.7. The summed E-state index contributed by atoms with van der Waals surface area (Å²) in [6.45, 7) is 10.4. The topological polar surface area (TPSA) is 57.4 Å². The van der Waals surface area contributed by atoms with Crippen molar-refractivity contribution in [1.29, 1.82) is 0 Å². The fourth-order valence-corrected chi connectivity index (χ4v) is 2.57. The average Bonchev–Trinajstić information content (AvgIpc) is 2.72. The van der Waals surface area contributed by atoms with E-state index < -0.39 is 0 Å². The van der Waals surface area contributed by atoms with E-state index in [9.17, 15) is 0 Å². The molecule has 1 aliphatic heterocycles. The van der Waals surface area contributed by atoms with Gasteiger partial charge < -0.3 is 5.11 Å². The Morgan fingerprint density at radius 3 is 2.68 bits per heavy atom. The second-order valence-electron chi connectivity index (χ2n) is 5.41. The van der Waals surface area contributed by atoms with Gasteiger partial charge in [0.25, 0.3) is 0 Å². The van der Waals surface area contributed by atoms with E-state index in [0.29, 0.717) is 6.04 Å². The Bertz CT molecular complexity index is 379. The molecule has 1 fully saturated rings.